The topological polar surface area (TPSA) is 93.9 Å². The lowest BCUT2D eigenvalue weighted by atomic mass is 10.1. The zero-order valence-corrected chi connectivity index (χ0v) is 16.1. The molecule has 9 nitrogen and oxygen atoms in total. The first-order chi connectivity index (χ1) is 13.7. The summed E-state index contributed by atoms with van der Waals surface area (Å²) < 4.78 is 7.22. The van der Waals surface area contributed by atoms with Crippen LogP contribution < -0.4 is 5.32 Å². The molecule has 0 radical (unpaired) electrons. The van der Waals surface area contributed by atoms with Gasteiger partial charge in [-0.15, -0.1) is 0 Å². The van der Waals surface area contributed by atoms with Crippen LogP contribution in [0.15, 0.2) is 36.9 Å². The third kappa shape index (κ3) is 4.00. The molecule has 0 amide bonds. The number of anilines is 1. The Morgan fingerprint density at radius 3 is 2.75 bits per heavy atom. The summed E-state index contributed by atoms with van der Waals surface area (Å²) in [4.78, 5) is 20.4. The van der Waals surface area contributed by atoms with Crippen LogP contribution in [-0.2, 0) is 11.8 Å². The molecule has 28 heavy (non-hydrogen) atoms. The maximum Gasteiger partial charge on any atom is 0.223 e. The Morgan fingerprint density at radius 2 is 2.04 bits per heavy atom. The van der Waals surface area contributed by atoms with E-state index < -0.39 is 0 Å². The van der Waals surface area contributed by atoms with E-state index in [-0.39, 0.29) is 6.04 Å². The number of morpholine rings is 1. The normalized spacial score (nSPS) is 16.1. The molecule has 0 bridgehead atoms. The standard InChI is InChI=1S/C19H24N8O/c1-14-11-21-19(25-17(14)18-23-13-24-26(18)2)22-12-16(15-5-3-4-6-20-15)27-7-9-28-10-8-27/h3-6,11,13,16H,7-10,12H2,1-2H3,(H,21,22,25). The molecular weight excluding hydrogens is 356 g/mol. The Balaban J connectivity index is 1.55. The molecule has 0 saturated carbocycles. The summed E-state index contributed by atoms with van der Waals surface area (Å²) in [6, 6.07) is 6.13. The lowest BCUT2D eigenvalue weighted by molar-refractivity contribution is 0.0178. The Morgan fingerprint density at radius 1 is 1.18 bits per heavy atom. The number of aromatic nitrogens is 6. The second kappa shape index (κ2) is 8.41. The summed E-state index contributed by atoms with van der Waals surface area (Å²) in [6.45, 7) is 5.85. The van der Waals surface area contributed by atoms with Gasteiger partial charge in [0.1, 0.15) is 12.0 Å². The first-order valence-electron chi connectivity index (χ1n) is 9.37. The average Bonchev–Trinajstić information content (AvgIpc) is 3.16. The number of nitrogens with zero attached hydrogens (tertiary/aromatic N) is 7. The molecule has 0 aromatic carbocycles. The maximum absolute atomic E-state index is 5.51. The van der Waals surface area contributed by atoms with Crippen molar-refractivity contribution in [3.63, 3.8) is 0 Å². The molecule has 9 heteroatoms. The summed E-state index contributed by atoms with van der Waals surface area (Å²) in [7, 11) is 1.85. The van der Waals surface area contributed by atoms with Gasteiger partial charge in [0.25, 0.3) is 0 Å². The quantitative estimate of drug-likeness (QED) is 0.687. The van der Waals surface area contributed by atoms with Crippen molar-refractivity contribution in [2.75, 3.05) is 38.2 Å². The summed E-state index contributed by atoms with van der Waals surface area (Å²) in [6.07, 6.45) is 5.17. The van der Waals surface area contributed by atoms with E-state index >= 15 is 0 Å². The molecule has 4 rings (SSSR count). The molecular formula is C19H24N8O. The van der Waals surface area contributed by atoms with Gasteiger partial charge in [-0.1, -0.05) is 6.07 Å². The molecule has 4 heterocycles. The fourth-order valence-corrected chi connectivity index (χ4v) is 3.34. The number of rotatable bonds is 6. The predicted molar refractivity (Wildman–Crippen MR) is 105 cm³/mol. The minimum atomic E-state index is 0.119. The molecule has 1 saturated heterocycles. The van der Waals surface area contributed by atoms with Crippen molar-refractivity contribution in [2.45, 2.75) is 13.0 Å². The van der Waals surface area contributed by atoms with Crippen LogP contribution in [-0.4, -0.2) is 67.5 Å². The number of hydrogen-bond donors (Lipinski definition) is 1. The Kier molecular flexibility index (Phi) is 5.54. The van der Waals surface area contributed by atoms with Crippen molar-refractivity contribution in [2.24, 2.45) is 7.05 Å². The highest BCUT2D eigenvalue weighted by Gasteiger charge is 2.24. The number of pyridine rings is 1. The van der Waals surface area contributed by atoms with Crippen molar-refractivity contribution in [1.29, 1.82) is 0 Å². The SMILES string of the molecule is Cc1cnc(NCC(c2ccccn2)N2CCOCC2)nc1-c1ncnn1C. The van der Waals surface area contributed by atoms with Crippen LogP contribution in [0.5, 0.6) is 0 Å². The van der Waals surface area contributed by atoms with Crippen molar-refractivity contribution in [1.82, 2.24) is 34.6 Å². The van der Waals surface area contributed by atoms with Gasteiger partial charge >= 0.3 is 0 Å². The van der Waals surface area contributed by atoms with Gasteiger partial charge in [0.2, 0.25) is 5.95 Å². The van der Waals surface area contributed by atoms with Crippen LogP contribution in [0, 0.1) is 6.92 Å². The lowest BCUT2D eigenvalue weighted by Gasteiger charge is -2.34. The molecule has 3 aromatic heterocycles. The minimum Gasteiger partial charge on any atom is -0.379 e. The Hall–Kier alpha value is -2.91. The smallest absolute Gasteiger partial charge is 0.223 e. The van der Waals surface area contributed by atoms with E-state index in [9.17, 15) is 0 Å². The molecule has 0 spiro atoms. The summed E-state index contributed by atoms with van der Waals surface area (Å²) in [5.74, 6) is 1.29. The van der Waals surface area contributed by atoms with Gasteiger partial charge in [0.15, 0.2) is 5.82 Å². The second-order valence-electron chi connectivity index (χ2n) is 6.73. The van der Waals surface area contributed by atoms with Gasteiger partial charge in [0, 0.05) is 39.1 Å². The third-order valence-electron chi connectivity index (χ3n) is 4.86. The highest BCUT2D eigenvalue weighted by molar-refractivity contribution is 5.55. The summed E-state index contributed by atoms with van der Waals surface area (Å²) in [5, 5.41) is 7.52. The van der Waals surface area contributed by atoms with Crippen molar-refractivity contribution < 1.29 is 4.74 Å². The fraction of sp³-hybridized carbons (Fsp3) is 0.421. The highest BCUT2D eigenvalue weighted by atomic mass is 16.5. The Bertz CT molecular complexity index is 907. The number of ether oxygens (including phenoxy) is 1. The zero-order chi connectivity index (χ0) is 19.3. The van der Waals surface area contributed by atoms with Crippen molar-refractivity contribution in [3.8, 4) is 11.5 Å². The largest absolute Gasteiger partial charge is 0.379 e. The minimum absolute atomic E-state index is 0.119. The first-order valence-corrected chi connectivity index (χ1v) is 9.37. The predicted octanol–water partition coefficient (Wildman–Crippen LogP) is 1.46. The monoisotopic (exact) mass is 380 g/mol. The molecule has 1 fully saturated rings. The van der Waals surface area contributed by atoms with Gasteiger partial charge in [-0.2, -0.15) is 5.10 Å². The third-order valence-corrected chi connectivity index (χ3v) is 4.86. The van der Waals surface area contributed by atoms with Gasteiger partial charge in [-0.25, -0.2) is 19.6 Å². The van der Waals surface area contributed by atoms with Gasteiger partial charge in [0.05, 0.1) is 24.9 Å². The second-order valence-corrected chi connectivity index (χ2v) is 6.73. The average molecular weight is 380 g/mol. The number of hydrogen-bond acceptors (Lipinski definition) is 8. The van der Waals surface area contributed by atoms with Crippen LogP contribution in [0.3, 0.4) is 0 Å². The number of nitrogens with one attached hydrogen (secondary N) is 1. The van der Waals surface area contributed by atoms with E-state index in [1.165, 1.54) is 6.33 Å². The van der Waals surface area contributed by atoms with Crippen LogP contribution in [0.2, 0.25) is 0 Å². The molecule has 0 aliphatic carbocycles. The number of aryl methyl sites for hydroxylation is 2. The van der Waals surface area contributed by atoms with E-state index in [1.54, 1.807) is 4.68 Å². The molecule has 146 valence electrons. The van der Waals surface area contributed by atoms with Gasteiger partial charge in [-0.05, 0) is 24.6 Å². The molecule has 1 atom stereocenters. The van der Waals surface area contributed by atoms with Crippen LogP contribution in [0.1, 0.15) is 17.3 Å². The van der Waals surface area contributed by atoms with E-state index in [0.29, 0.717) is 12.5 Å². The van der Waals surface area contributed by atoms with E-state index in [0.717, 1.165) is 49.1 Å². The fourth-order valence-electron chi connectivity index (χ4n) is 3.34. The molecule has 1 unspecified atom stereocenters. The van der Waals surface area contributed by atoms with Gasteiger partial charge < -0.3 is 10.1 Å². The molecule has 1 aliphatic heterocycles. The summed E-state index contributed by atoms with van der Waals surface area (Å²) >= 11 is 0. The molecule has 1 aliphatic rings. The van der Waals surface area contributed by atoms with Crippen molar-refractivity contribution >= 4 is 5.95 Å². The lowest BCUT2D eigenvalue weighted by Crippen LogP contribution is -2.42. The van der Waals surface area contributed by atoms with E-state index in [2.05, 4.69) is 41.3 Å². The van der Waals surface area contributed by atoms with Gasteiger partial charge in [-0.3, -0.25) is 9.88 Å². The maximum atomic E-state index is 5.51. The summed E-state index contributed by atoms with van der Waals surface area (Å²) in [5.41, 5.74) is 2.76. The van der Waals surface area contributed by atoms with Crippen LogP contribution in [0.4, 0.5) is 5.95 Å². The van der Waals surface area contributed by atoms with Crippen LogP contribution >= 0.6 is 0 Å². The van der Waals surface area contributed by atoms with E-state index in [1.807, 2.05) is 38.5 Å². The molecule has 3 aromatic rings. The van der Waals surface area contributed by atoms with Crippen molar-refractivity contribution in [3.05, 3.63) is 48.2 Å². The van der Waals surface area contributed by atoms with E-state index in [4.69, 9.17) is 4.74 Å². The molecule has 1 N–H and O–H groups in total. The Labute approximate surface area is 163 Å². The highest BCUT2D eigenvalue weighted by Crippen LogP contribution is 2.22. The zero-order valence-electron chi connectivity index (χ0n) is 16.1. The first kappa shape index (κ1) is 18.5. The van der Waals surface area contributed by atoms with Crippen LogP contribution in [0.25, 0.3) is 11.5 Å².